The molecule has 0 saturated carbocycles. The van der Waals surface area contributed by atoms with Crippen molar-refractivity contribution in [3.8, 4) is 0 Å². The fraction of sp³-hybridized carbons (Fsp3) is 0.400. The number of aryl methyl sites for hydroxylation is 1. The number of alkyl halides is 2. The Morgan fingerprint density at radius 3 is 2.73 bits per heavy atom. The Kier molecular flexibility index (Phi) is 2.74. The van der Waals surface area contributed by atoms with Crippen LogP contribution < -0.4 is 0 Å². The first-order valence-electron chi connectivity index (χ1n) is 4.49. The van der Waals surface area contributed by atoms with E-state index in [-0.39, 0.29) is 0 Å². The van der Waals surface area contributed by atoms with Gasteiger partial charge in [-0.15, -0.1) is 0 Å². The maximum atomic E-state index is 13.7. The van der Waals surface area contributed by atoms with Crippen molar-refractivity contribution in [2.75, 3.05) is 7.11 Å². The Labute approximate surface area is 100 Å². The van der Waals surface area contributed by atoms with Gasteiger partial charge in [0, 0.05) is 11.3 Å². The summed E-state index contributed by atoms with van der Waals surface area (Å²) in [5.41, 5.74) is 1.87. The molecule has 0 fully saturated rings. The highest BCUT2D eigenvalue weighted by atomic mass is 127. The molecule has 0 N–H and O–H groups in total. The monoisotopic (exact) mass is 325 g/mol. The summed E-state index contributed by atoms with van der Waals surface area (Å²) in [5.74, 6) is 0.407. The summed E-state index contributed by atoms with van der Waals surface area (Å²) in [5, 5.41) is 0. The minimum absolute atomic E-state index is 0.347. The summed E-state index contributed by atoms with van der Waals surface area (Å²) < 4.78 is 33.7. The Balaban J connectivity index is 2.62. The van der Waals surface area contributed by atoms with Gasteiger partial charge in [0.15, 0.2) is 12.3 Å². The Bertz CT molecular complexity index is 427. The zero-order valence-corrected chi connectivity index (χ0v) is 10.5. The lowest BCUT2D eigenvalue weighted by Crippen LogP contribution is -2.16. The van der Waals surface area contributed by atoms with Crippen LogP contribution in [0, 0.1) is 6.92 Å². The molecular formula is C10H10F2INO. The minimum atomic E-state index is -1.63. The van der Waals surface area contributed by atoms with E-state index in [0.717, 1.165) is 5.69 Å². The average molecular weight is 325 g/mol. The van der Waals surface area contributed by atoms with Gasteiger partial charge in [0.05, 0.1) is 35.7 Å². The molecule has 0 bridgehead atoms. The molecule has 1 aromatic heterocycles. The van der Waals surface area contributed by atoms with E-state index in [1.807, 2.05) is 29.8 Å². The highest BCUT2D eigenvalue weighted by Crippen LogP contribution is 2.40. The van der Waals surface area contributed by atoms with Crippen molar-refractivity contribution in [1.82, 2.24) is 2.78 Å². The maximum absolute atomic E-state index is 13.7. The molecule has 0 aliphatic heterocycles. The number of hydrogen-bond acceptors (Lipinski definition) is 1. The molecule has 0 radical (unpaired) electrons. The third-order valence-electron chi connectivity index (χ3n) is 2.49. The standard InChI is InChI=1S/C10H10F2INO/c1-5-3-6-8(15-2)4-7(11)9(12)10(6)14(5)13/h3-4,7,9H,1-2H3. The highest BCUT2D eigenvalue weighted by molar-refractivity contribution is 14.1. The third-order valence-corrected chi connectivity index (χ3v) is 3.77. The lowest BCUT2D eigenvalue weighted by atomic mass is 10.0. The highest BCUT2D eigenvalue weighted by Gasteiger charge is 2.34. The zero-order chi connectivity index (χ0) is 11.2. The van der Waals surface area contributed by atoms with Crippen LogP contribution in [0.25, 0.3) is 5.76 Å². The van der Waals surface area contributed by atoms with Crippen molar-refractivity contribution in [1.29, 1.82) is 0 Å². The van der Waals surface area contributed by atoms with Crippen LogP contribution in [0.2, 0.25) is 0 Å². The summed E-state index contributed by atoms with van der Waals surface area (Å²) in [7, 11) is 1.46. The molecule has 5 heteroatoms. The molecule has 15 heavy (non-hydrogen) atoms. The first-order valence-corrected chi connectivity index (χ1v) is 5.45. The molecule has 0 aromatic carbocycles. The first-order chi connectivity index (χ1) is 7.06. The number of nitrogens with zero attached hydrogens (tertiary/aromatic N) is 1. The molecule has 0 spiro atoms. The maximum Gasteiger partial charge on any atom is 0.176 e. The van der Waals surface area contributed by atoms with E-state index in [2.05, 4.69) is 0 Å². The third kappa shape index (κ3) is 1.56. The second-order valence-electron chi connectivity index (χ2n) is 3.45. The van der Waals surface area contributed by atoms with E-state index in [1.54, 1.807) is 8.85 Å². The van der Waals surface area contributed by atoms with E-state index < -0.39 is 12.3 Å². The lowest BCUT2D eigenvalue weighted by Gasteiger charge is -2.20. The average Bonchev–Trinajstić information content (AvgIpc) is 2.50. The van der Waals surface area contributed by atoms with Gasteiger partial charge in [0.2, 0.25) is 0 Å². The number of aromatic nitrogens is 1. The Morgan fingerprint density at radius 1 is 1.47 bits per heavy atom. The van der Waals surface area contributed by atoms with Gasteiger partial charge < -0.3 is 4.74 Å². The molecule has 2 atom stereocenters. The molecule has 0 amide bonds. The van der Waals surface area contributed by atoms with Gasteiger partial charge in [-0.1, -0.05) is 0 Å². The van der Waals surface area contributed by atoms with Crippen LogP contribution in [-0.4, -0.2) is 16.1 Å². The predicted molar refractivity (Wildman–Crippen MR) is 62.3 cm³/mol. The summed E-state index contributed by atoms with van der Waals surface area (Å²) in [6, 6.07) is 1.80. The molecule has 1 aliphatic carbocycles. The Hall–Kier alpha value is -0.590. The van der Waals surface area contributed by atoms with E-state index in [4.69, 9.17) is 4.74 Å². The number of hydrogen-bond donors (Lipinski definition) is 0. The van der Waals surface area contributed by atoms with Crippen LogP contribution in [0.15, 0.2) is 12.1 Å². The van der Waals surface area contributed by atoms with Crippen LogP contribution >= 0.6 is 22.9 Å². The van der Waals surface area contributed by atoms with Gasteiger partial charge in [-0.05, 0) is 19.1 Å². The zero-order valence-electron chi connectivity index (χ0n) is 8.30. The normalized spacial score (nSPS) is 24.7. The van der Waals surface area contributed by atoms with E-state index in [9.17, 15) is 8.78 Å². The number of halogens is 3. The van der Waals surface area contributed by atoms with E-state index in [0.29, 0.717) is 17.0 Å². The van der Waals surface area contributed by atoms with Crippen molar-refractivity contribution in [3.05, 3.63) is 29.1 Å². The second kappa shape index (κ2) is 3.77. The summed E-state index contributed by atoms with van der Waals surface area (Å²) in [4.78, 5) is 0. The van der Waals surface area contributed by atoms with Crippen molar-refractivity contribution < 1.29 is 13.5 Å². The van der Waals surface area contributed by atoms with Crippen LogP contribution in [0.5, 0.6) is 0 Å². The van der Waals surface area contributed by atoms with Gasteiger partial charge in [-0.3, -0.25) is 2.78 Å². The largest absolute Gasteiger partial charge is 0.496 e. The SMILES string of the molecule is COC1=CC(F)C(F)c2c1cc(C)n2I. The van der Waals surface area contributed by atoms with Crippen LogP contribution in [0.1, 0.15) is 23.1 Å². The minimum Gasteiger partial charge on any atom is -0.496 e. The van der Waals surface area contributed by atoms with Gasteiger partial charge >= 0.3 is 0 Å². The van der Waals surface area contributed by atoms with Crippen LogP contribution in [-0.2, 0) is 4.74 Å². The molecule has 2 rings (SSSR count). The van der Waals surface area contributed by atoms with Gasteiger partial charge in [-0.2, -0.15) is 0 Å². The van der Waals surface area contributed by atoms with E-state index in [1.165, 1.54) is 13.2 Å². The van der Waals surface area contributed by atoms with Gasteiger partial charge in [-0.25, -0.2) is 8.78 Å². The Morgan fingerprint density at radius 2 is 2.13 bits per heavy atom. The number of fused-ring (bicyclic) bond motifs is 1. The second-order valence-corrected chi connectivity index (χ2v) is 4.41. The predicted octanol–water partition coefficient (Wildman–Crippen LogP) is 3.34. The molecule has 2 nitrogen and oxygen atoms in total. The molecule has 1 aromatic rings. The number of methoxy groups -OCH3 is 1. The van der Waals surface area contributed by atoms with Gasteiger partial charge in [0.1, 0.15) is 5.76 Å². The van der Waals surface area contributed by atoms with Gasteiger partial charge in [0.25, 0.3) is 0 Å². The van der Waals surface area contributed by atoms with Crippen molar-refractivity contribution in [2.45, 2.75) is 19.3 Å². The van der Waals surface area contributed by atoms with Crippen LogP contribution in [0.4, 0.5) is 8.78 Å². The fourth-order valence-corrected chi connectivity index (χ4v) is 2.40. The molecule has 1 aliphatic rings. The fourth-order valence-electron chi connectivity index (χ4n) is 1.74. The summed E-state index contributed by atoms with van der Waals surface area (Å²) in [6.45, 7) is 1.85. The topological polar surface area (TPSA) is 14.2 Å². The summed E-state index contributed by atoms with van der Waals surface area (Å²) >= 11 is 1.96. The molecular weight excluding hydrogens is 315 g/mol. The van der Waals surface area contributed by atoms with Crippen molar-refractivity contribution in [3.63, 3.8) is 0 Å². The van der Waals surface area contributed by atoms with Crippen LogP contribution in [0.3, 0.4) is 0 Å². The smallest absolute Gasteiger partial charge is 0.176 e. The molecule has 2 unspecified atom stereocenters. The van der Waals surface area contributed by atoms with Crippen molar-refractivity contribution in [2.24, 2.45) is 0 Å². The van der Waals surface area contributed by atoms with Crippen molar-refractivity contribution >= 4 is 28.6 Å². The molecule has 1 heterocycles. The first kappa shape index (κ1) is 10.9. The summed E-state index contributed by atoms with van der Waals surface area (Å²) in [6.07, 6.45) is -2.05. The quantitative estimate of drug-likeness (QED) is 0.723. The van der Waals surface area contributed by atoms with E-state index >= 15 is 0 Å². The number of allylic oxidation sites excluding steroid dienone is 1. The number of rotatable bonds is 1. The molecule has 82 valence electrons. The lowest BCUT2D eigenvalue weighted by molar-refractivity contribution is 0.195. The molecule has 0 saturated heterocycles. The number of ether oxygens (including phenoxy) is 1.